The average molecular weight is 579 g/mol. The van der Waals surface area contributed by atoms with Crippen molar-refractivity contribution >= 4 is 33.5 Å². The lowest BCUT2D eigenvalue weighted by molar-refractivity contribution is 0.0963. The van der Waals surface area contributed by atoms with Gasteiger partial charge >= 0.3 is 0 Å². The molecule has 9 heteroatoms. The second kappa shape index (κ2) is 11.7. The number of carbonyl (C=O) groups is 1. The molecule has 1 aliphatic heterocycles. The van der Waals surface area contributed by atoms with E-state index in [0.29, 0.717) is 48.0 Å². The third-order valence-electron chi connectivity index (χ3n) is 6.02. The van der Waals surface area contributed by atoms with Gasteiger partial charge in [-0.3, -0.25) is 4.79 Å². The third kappa shape index (κ3) is 6.03. The van der Waals surface area contributed by atoms with Gasteiger partial charge in [-0.2, -0.15) is 4.02 Å². The first-order valence-corrected chi connectivity index (χ1v) is 13.2. The Morgan fingerprint density at radius 3 is 2.38 bits per heavy atom. The molecule has 0 atom stereocenters. The lowest BCUT2D eigenvalue weighted by atomic mass is 9.84. The van der Waals surface area contributed by atoms with Crippen LogP contribution >= 0.6 is 16.1 Å². The Labute approximate surface area is 227 Å². The molecular weight excluding hydrogens is 541 g/mol. The molecule has 1 aliphatic rings. The quantitative estimate of drug-likeness (QED) is 0.325. The van der Waals surface area contributed by atoms with E-state index in [2.05, 4.69) is 46.3 Å². The van der Waals surface area contributed by atoms with Gasteiger partial charge in [0, 0.05) is 23.7 Å². The second-order valence-electron chi connectivity index (χ2n) is 10.3. The summed E-state index contributed by atoms with van der Waals surface area (Å²) in [5.74, 6) is 0.810. The summed E-state index contributed by atoms with van der Waals surface area (Å²) in [5, 5.41) is 3.40. The number of benzene rings is 2. The zero-order chi connectivity index (χ0) is 27.5. The molecule has 0 fully saturated rings. The molecule has 202 valence electrons. The van der Waals surface area contributed by atoms with Gasteiger partial charge in [-0.1, -0.05) is 20.8 Å². The van der Waals surface area contributed by atoms with Crippen LogP contribution in [0, 0.1) is 5.82 Å². The fraction of sp³-hybridized carbons (Fsp3) is 0.500. The fourth-order valence-corrected chi connectivity index (χ4v) is 4.88. The van der Waals surface area contributed by atoms with Crippen LogP contribution in [-0.2, 0) is 12.0 Å². The number of rotatable bonds is 10. The average Bonchev–Trinajstić information content (AvgIpc) is 3.17. The van der Waals surface area contributed by atoms with Gasteiger partial charge in [0.25, 0.3) is 0 Å². The molecule has 0 bridgehead atoms. The SMILES string of the molecule is CCOc1cc2c(c(F)c1OCC)/C(=N/Br)N(CC(=O)c1cc(NC(C)C)c(OC)c(C(C)(C)C)c1)C2. The van der Waals surface area contributed by atoms with Gasteiger partial charge < -0.3 is 24.4 Å². The van der Waals surface area contributed by atoms with E-state index < -0.39 is 5.82 Å². The zero-order valence-electron chi connectivity index (χ0n) is 22.9. The summed E-state index contributed by atoms with van der Waals surface area (Å²) >= 11 is 3.14. The smallest absolute Gasteiger partial charge is 0.197 e. The van der Waals surface area contributed by atoms with Crippen molar-refractivity contribution in [1.29, 1.82) is 0 Å². The Bertz CT molecular complexity index is 1190. The number of carbonyl (C=O) groups excluding carboxylic acids is 1. The third-order valence-corrected chi connectivity index (χ3v) is 6.36. The monoisotopic (exact) mass is 577 g/mol. The molecule has 2 aromatic rings. The maximum Gasteiger partial charge on any atom is 0.197 e. The maximum absolute atomic E-state index is 15.6. The minimum atomic E-state index is -0.543. The minimum absolute atomic E-state index is 0.0174. The van der Waals surface area contributed by atoms with Crippen LogP contribution in [0.3, 0.4) is 0 Å². The van der Waals surface area contributed by atoms with Crippen LogP contribution in [0.2, 0.25) is 0 Å². The molecule has 0 unspecified atom stereocenters. The topological polar surface area (TPSA) is 72.4 Å². The van der Waals surface area contributed by atoms with E-state index in [-0.39, 0.29) is 29.5 Å². The summed E-state index contributed by atoms with van der Waals surface area (Å²) in [6.45, 7) is 14.9. The number of anilines is 1. The number of fused-ring (bicyclic) bond motifs is 1. The molecular formula is C28H37BrFN3O4. The molecule has 0 aliphatic carbocycles. The molecule has 1 heterocycles. The van der Waals surface area contributed by atoms with Crippen LogP contribution < -0.4 is 19.5 Å². The van der Waals surface area contributed by atoms with Gasteiger partial charge in [0.15, 0.2) is 23.1 Å². The van der Waals surface area contributed by atoms with Crippen molar-refractivity contribution in [3.8, 4) is 17.2 Å². The zero-order valence-corrected chi connectivity index (χ0v) is 24.5. The van der Waals surface area contributed by atoms with Crippen LogP contribution in [-0.4, -0.2) is 49.4 Å². The number of Topliss-reactive ketones (excluding diaryl/α,β-unsaturated/α-hetero) is 1. The number of ether oxygens (including phenoxy) is 3. The minimum Gasteiger partial charge on any atom is -0.494 e. The Kier molecular flexibility index (Phi) is 9.10. The molecule has 3 rings (SSSR count). The van der Waals surface area contributed by atoms with Gasteiger partial charge in [-0.05, 0) is 56.9 Å². The Morgan fingerprint density at radius 1 is 1.16 bits per heavy atom. The van der Waals surface area contributed by atoms with Gasteiger partial charge in [0.2, 0.25) is 0 Å². The predicted molar refractivity (Wildman–Crippen MR) is 149 cm³/mol. The van der Waals surface area contributed by atoms with Gasteiger partial charge in [0.1, 0.15) is 11.6 Å². The molecule has 0 aromatic heterocycles. The highest BCUT2D eigenvalue weighted by molar-refractivity contribution is 9.08. The van der Waals surface area contributed by atoms with E-state index in [0.717, 1.165) is 17.0 Å². The van der Waals surface area contributed by atoms with Crippen molar-refractivity contribution in [2.45, 2.75) is 66.5 Å². The first-order chi connectivity index (χ1) is 17.5. The number of halogens is 2. The lowest BCUT2D eigenvalue weighted by Crippen LogP contribution is -2.31. The van der Waals surface area contributed by atoms with Crippen molar-refractivity contribution < 1.29 is 23.4 Å². The number of hydrogen-bond acceptors (Lipinski definition) is 6. The normalized spacial score (nSPS) is 14.2. The van der Waals surface area contributed by atoms with Crippen molar-refractivity contribution in [1.82, 2.24) is 4.90 Å². The summed E-state index contributed by atoms with van der Waals surface area (Å²) < 4.78 is 36.7. The van der Waals surface area contributed by atoms with Crippen LogP contribution in [0.5, 0.6) is 17.2 Å². The van der Waals surface area contributed by atoms with Crippen molar-refractivity contribution in [2.24, 2.45) is 4.02 Å². The highest BCUT2D eigenvalue weighted by Crippen LogP contribution is 2.41. The Hall–Kier alpha value is -2.81. The van der Waals surface area contributed by atoms with Crippen LogP contribution in [0.15, 0.2) is 22.2 Å². The molecule has 0 amide bonds. The summed E-state index contributed by atoms with van der Waals surface area (Å²) in [5.41, 5.74) is 2.98. The first-order valence-electron chi connectivity index (χ1n) is 12.5. The number of nitrogens with zero attached hydrogens (tertiary/aromatic N) is 2. The van der Waals surface area contributed by atoms with E-state index in [4.69, 9.17) is 14.2 Å². The number of methoxy groups -OCH3 is 1. The number of amidine groups is 1. The van der Waals surface area contributed by atoms with Crippen LogP contribution in [0.4, 0.5) is 10.1 Å². The van der Waals surface area contributed by atoms with Gasteiger partial charge in [-0.15, -0.1) is 0 Å². The van der Waals surface area contributed by atoms with Crippen LogP contribution in [0.1, 0.15) is 75.5 Å². The van der Waals surface area contributed by atoms with Gasteiger partial charge in [0.05, 0.1) is 54.3 Å². The van der Waals surface area contributed by atoms with E-state index >= 15 is 4.39 Å². The van der Waals surface area contributed by atoms with E-state index in [9.17, 15) is 4.79 Å². The van der Waals surface area contributed by atoms with E-state index in [1.165, 1.54) is 0 Å². The van der Waals surface area contributed by atoms with Crippen LogP contribution in [0.25, 0.3) is 0 Å². The van der Waals surface area contributed by atoms with E-state index in [1.807, 2.05) is 32.9 Å². The number of ketones is 1. The Balaban J connectivity index is 2.01. The highest BCUT2D eigenvalue weighted by Gasteiger charge is 2.34. The Morgan fingerprint density at radius 2 is 1.84 bits per heavy atom. The summed E-state index contributed by atoms with van der Waals surface area (Å²) in [4.78, 5) is 15.4. The summed E-state index contributed by atoms with van der Waals surface area (Å²) in [6.07, 6.45) is 0. The maximum atomic E-state index is 15.6. The molecule has 2 aromatic carbocycles. The molecule has 1 N–H and O–H groups in total. The predicted octanol–water partition coefficient (Wildman–Crippen LogP) is 6.50. The molecule has 0 spiro atoms. The first kappa shape index (κ1) is 28.8. The van der Waals surface area contributed by atoms with E-state index in [1.54, 1.807) is 25.0 Å². The van der Waals surface area contributed by atoms with Crippen molar-refractivity contribution in [2.75, 3.05) is 32.2 Å². The number of nitrogens with one attached hydrogen (secondary N) is 1. The molecule has 0 radical (unpaired) electrons. The largest absolute Gasteiger partial charge is 0.494 e. The lowest BCUT2D eigenvalue weighted by Gasteiger charge is -2.26. The fourth-order valence-electron chi connectivity index (χ4n) is 4.48. The number of hydrogen-bond donors (Lipinski definition) is 1. The standard InChI is InChI=1S/C28H37BrFN3O4/c1-9-36-22-13-18-14-33(27(32-29)23(18)24(30)26(22)37-10-2)15-21(34)17-11-19(28(5,6)7)25(35-8)20(12-17)31-16(3)4/h11-13,16,31H,9-10,14-15H2,1-8H3/b32-27-. The molecule has 37 heavy (non-hydrogen) atoms. The summed E-state index contributed by atoms with van der Waals surface area (Å²) in [6, 6.07) is 5.63. The molecule has 0 saturated heterocycles. The molecule has 7 nitrogen and oxygen atoms in total. The highest BCUT2D eigenvalue weighted by atomic mass is 79.9. The van der Waals surface area contributed by atoms with Crippen molar-refractivity contribution in [3.05, 3.63) is 46.3 Å². The second-order valence-corrected chi connectivity index (χ2v) is 10.6. The van der Waals surface area contributed by atoms with Crippen molar-refractivity contribution in [3.63, 3.8) is 0 Å². The summed E-state index contributed by atoms with van der Waals surface area (Å²) in [7, 11) is 1.64. The molecule has 0 saturated carbocycles. The van der Waals surface area contributed by atoms with Gasteiger partial charge in [-0.25, -0.2) is 4.39 Å².